The highest BCUT2D eigenvalue weighted by Crippen LogP contribution is 2.33. The zero-order chi connectivity index (χ0) is 13.1. The van der Waals surface area contributed by atoms with Crippen LogP contribution < -0.4 is 5.73 Å². The van der Waals surface area contributed by atoms with E-state index in [1.165, 1.54) is 6.07 Å². The Morgan fingerprint density at radius 3 is 2.89 bits per heavy atom. The van der Waals surface area contributed by atoms with E-state index in [4.69, 9.17) is 17.3 Å². The Morgan fingerprint density at radius 2 is 2.22 bits per heavy atom. The number of aromatic nitrogens is 2. The highest BCUT2D eigenvalue weighted by atomic mass is 35.5. The molecule has 2 rings (SSSR count). The molecule has 0 aliphatic carbocycles. The van der Waals surface area contributed by atoms with Crippen LogP contribution >= 0.6 is 11.6 Å². The lowest BCUT2D eigenvalue weighted by Crippen LogP contribution is -2.02. The first kappa shape index (κ1) is 12.9. The molecule has 1 aromatic carbocycles. The molecule has 0 amide bonds. The van der Waals surface area contributed by atoms with Gasteiger partial charge in [0.1, 0.15) is 17.3 Å². The average Bonchev–Trinajstić information content (AvgIpc) is 2.69. The van der Waals surface area contributed by atoms with Crippen molar-refractivity contribution in [1.82, 2.24) is 9.55 Å². The molecule has 0 radical (unpaired) electrons. The minimum absolute atomic E-state index is 0.270. The van der Waals surface area contributed by atoms with Gasteiger partial charge in [0.05, 0.1) is 16.9 Å². The van der Waals surface area contributed by atoms with Gasteiger partial charge >= 0.3 is 0 Å². The number of hydrogen-bond donors (Lipinski definition) is 1. The van der Waals surface area contributed by atoms with E-state index in [1.54, 1.807) is 18.5 Å². The van der Waals surface area contributed by atoms with Crippen molar-refractivity contribution in [2.45, 2.75) is 26.3 Å². The SMILES string of the molecule is CCCCn1cnc(-c2c(F)cccc2Cl)c1N. The van der Waals surface area contributed by atoms with Crippen molar-refractivity contribution in [3.05, 3.63) is 35.4 Å². The minimum Gasteiger partial charge on any atom is -0.383 e. The summed E-state index contributed by atoms with van der Waals surface area (Å²) in [6.07, 6.45) is 3.70. The number of nitrogens with two attached hydrogens (primary N) is 1. The first-order valence-electron chi connectivity index (χ1n) is 5.90. The number of hydrogen-bond acceptors (Lipinski definition) is 2. The van der Waals surface area contributed by atoms with Gasteiger partial charge in [-0.1, -0.05) is 31.0 Å². The van der Waals surface area contributed by atoms with Gasteiger partial charge in [-0.15, -0.1) is 0 Å². The summed E-state index contributed by atoms with van der Waals surface area (Å²) in [5.74, 6) is 0.0467. The van der Waals surface area contributed by atoms with Crippen molar-refractivity contribution in [2.24, 2.45) is 0 Å². The van der Waals surface area contributed by atoms with E-state index in [0.717, 1.165) is 19.4 Å². The maximum Gasteiger partial charge on any atom is 0.134 e. The number of imidazole rings is 1. The summed E-state index contributed by atoms with van der Waals surface area (Å²) >= 11 is 6.00. The molecule has 0 saturated carbocycles. The molecule has 1 aromatic heterocycles. The molecule has 5 heteroatoms. The van der Waals surface area contributed by atoms with E-state index in [9.17, 15) is 4.39 Å². The van der Waals surface area contributed by atoms with Crippen LogP contribution in [-0.4, -0.2) is 9.55 Å². The van der Waals surface area contributed by atoms with E-state index in [0.29, 0.717) is 16.5 Å². The van der Waals surface area contributed by atoms with Crippen molar-refractivity contribution in [3.8, 4) is 11.3 Å². The molecular formula is C13H15ClFN3. The van der Waals surface area contributed by atoms with Crippen molar-refractivity contribution in [2.75, 3.05) is 5.73 Å². The van der Waals surface area contributed by atoms with Gasteiger partial charge in [0.15, 0.2) is 0 Å². The first-order valence-corrected chi connectivity index (χ1v) is 6.28. The summed E-state index contributed by atoms with van der Waals surface area (Å²) in [7, 11) is 0. The van der Waals surface area contributed by atoms with Crippen LogP contribution in [0, 0.1) is 5.82 Å². The Bertz CT molecular complexity index is 531. The van der Waals surface area contributed by atoms with Gasteiger partial charge in [-0.25, -0.2) is 9.37 Å². The van der Waals surface area contributed by atoms with Crippen molar-refractivity contribution in [3.63, 3.8) is 0 Å². The monoisotopic (exact) mass is 267 g/mol. The predicted octanol–water partition coefficient (Wildman–Crippen LogP) is 3.72. The summed E-state index contributed by atoms with van der Waals surface area (Å²) in [4.78, 5) is 4.17. The summed E-state index contributed by atoms with van der Waals surface area (Å²) in [6.45, 7) is 2.88. The van der Waals surface area contributed by atoms with Crippen molar-refractivity contribution in [1.29, 1.82) is 0 Å². The standard InChI is InChI=1S/C13H15ClFN3/c1-2-3-7-18-8-17-12(13(18)16)11-9(14)5-4-6-10(11)15/h4-6,8H,2-3,7,16H2,1H3. The van der Waals surface area contributed by atoms with Gasteiger partial charge in [0.2, 0.25) is 0 Å². The third-order valence-electron chi connectivity index (χ3n) is 2.83. The van der Waals surface area contributed by atoms with Gasteiger partial charge in [-0.05, 0) is 18.6 Å². The van der Waals surface area contributed by atoms with Crippen LogP contribution in [0.3, 0.4) is 0 Å². The van der Waals surface area contributed by atoms with E-state index >= 15 is 0 Å². The predicted molar refractivity (Wildman–Crippen MR) is 72.0 cm³/mol. The Morgan fingerprint density at radius 1 is 1.44 bits per heavy atom. The molecule has 0 saturated heterocycles. The van der Waals surface area contributed by atoms with Crippen molar-refractivity contribution < 1.29 is 4.39 Å². The number of unbranched alkanes of at least 4 members (excludes halogenated alkanes) is 1. The molecule has 1 heterocycles. The average molecular weight is 268 g/mol. The van der Waals surface area contributed by atoms with Gasteiger partial charge in [-0.2, -0.15) is 0 Å². The lowest BCUT2D eigenvalue weighted by molar-refractivity contribution is 0.630. The molecule has 96 valence electrons. The number of benzene rings is 1. The molecule has 0 fully saturated rings. The van der Waals surface area contributed by atoms with E-state index in [1.807, 2.05) is 4.57 Å². The number of rotatable bonds is 4. The zero-order valence-electron chi connectivity index (χ0n) is 10.2. The third kappa shape index (κ3) is 2.34. The molecule has 0 aliphatic heterocycles. The van der Waals surface area contributed by atoms with Crippen LogP contribution in [0.25, 0.3) is 11.3 Å². The van der Waals surface area contributed by atoms with Crippen LogP contribution in [0.1, 0.15) is 19.8 Å². The lowest BCUT2D eigenvalue weighted by atomic mass is 10.1. The van der Waals surface area contributed by atoms with Crippen LogP contribution in [0.5, 0.6) is 0 Å². The summed E-state index contributed by atoms with van der Waals surface area (Å²) in [5.41, 5.74) is 6.67. The zero-order valence-corrected chi connectivity index (χ0v) is 10.9. The molecule has 3 nitrogen and oxygen atoms in total. The highest BCUT2D eigenvalue weighted by Gasteiger charge is 2.16. The molecule has 0 aliphatic rings. The number of anilines is 1. The topological polar surface area (TPSA) is 43.8 Å². The number of nitrogens with zero attached hydrogens (tertiary/aromatic N) is 2. The van der Waals surface area contributed by atoms with Crippen molar-refractivity contribution >= 4 is 17.4 Å². The molecule has 0 atom stereocenters. The quantitative estimate of drug-likeness (QED) is 0.917. The molecule has 2 aromatic rings. The fraction of sp³-hybridized carbons (Fsp3) is 0.308. The van der Waals surface area contributed by atoms with Gasteiger partial charge in [0, 0.05) is 6.54 Å². The lowest BCUT2D eigenvalue weighted by Gasteiger charge is -2.06. The smallest absolute Gasteiger partial charge is 0.134 e. The second-order valence-corrected chi connectivity index (χ2v) is 4.53. The Hall–Kier alpha value is -1.55. The Balaban J connectivity index is 2.43. The first-order chi connectivity index (χ1) is 8.65. The largest absolute Gasteiger partial charge is 0.383 e. The normalized spacial score (nSPS) is 10.8. The second-order valence-electron chi connectivity index (χ2n) is 4.12. The molecule has 2 N–H and O–H groups in total. The van der Waals surface area contributed by atoms with Crippen LogP contribution in [-0.2, 0) is 6.54 Å². The van der Waals surface area contributed by atoms with Crippen LogP contribution in [0.15, 0.2) is 24.5 Å². The highest BCUT2D eigenvalue weighted by molar-refractivity contribution is 6.33. The molecule has 18 heavy (non-hydrogen) atoms. The summed E-state index contributed by atoms with van der Waals surface area (Å²) < 4.78 is 15.6. The maximum atomic E-state index is 13.8. The van der Waals surface area contributed by atoms with E-state index in [-0.39, 0.29) is 5.56 Å². The van der Waals surface area contributed by atoms with Gasteiger partial charge < -0.3 is 10.3 Å². The van der Waals surface area contributed by atoms with Gasteiger partial charge in [-0.3, -0.25) is 0 Å². The number of halogens is 2. The molecule has 0 spiro atoms. The van der Waals surface area contributed by atoms with E-state index < -0.39 is 5.82 Å². The number of aryl methyl sites for hydroxylation is 1. The van der Waals surface area contributed by atoms with Crippen LogP contribution in [0.2, 0.25) is 5.02 Å². The van der Waals surface area contributed by atoms with Crippen LogP contribution in [0.4, 0.5) is 10.2 Å². The third-order valence-corrected chi connectivity index (χ3v) is 3.15. The fourth-order valence-electron chi connectivity index (χ4n) is 1.82. The number of nitrogen functional groups attached to an aromatic ring is 1. The fourth-order valence-corrected chi connectivity index (χ4v) is 2.07. The summed E-state index contributed by atoms with van der Waals surface area (Å²) in [6, 6.07) is 4.54. The molecule has 0 bridgehead atoms. The Labute approximate surface area is 110 Å². The van der Waals surface area contributed by atoms with Gasteiger partial charge in [0.25, 0.3) is 0 Å². The molecular weight excluding hydrogens is 253 g/mol. The Kier molecular flexibility index (Phi) is 3.87. The molecule has 0 unspecified atom stereocenters. The maximum absolute atomic E-state index is 13.8. The second kappa shape index (κ2) is 5.40. The van der Waals surface area contributed by atoms with E-state index in [2.05, 4.69) is 11.9 Å². The summed E-state index contributed by atoms with van der Waals surface area (Å²) in [5, 5.41) is 0.322. The minimum atomic E-state index is -0.407.